The van der Waals surface area contributed by atoms with E-state index in [1.807, 2.05) is 18.2 Å². The lowest BCUT2D eigenvalue weighted by molar-refractivity contribution is 0.180. The van der Waals surface area contributed by atoms with E-state index in [4.69, 9.17) is 15.2 Å². The summed E-state index contributed by atoms with van der Waals surface area (Å²) in [7, 11) is 3.35. The van der Waals surface area contributed by atoms with Crippen LogP contribution < -0.4 is 15.2 Å². The number of hydrogen-bond acceptors (Lipinski definition) is 4. The van der Waals surface area contributed by atoms with Gasteiger partial charge in [0.1, 0.15) is 11.5 Å². The van der Waals surface area contributed by atoms with Crippen LogP contribution in [0, 0.1) is 5.92 Å². The monoisotopic (exact) mass is 294 g/mol. The van der Waals surface area contributed by atoms with E-state index in [0.29, 0.717) is 0 Å². The zero-order valence-electron chi connectivity index (χ0n) is 14.3. The van der Waals surface area contributed by atoms with Crippen LogP contribution in [0.15, 0.2) is 18.2 Å². The topological polar surface area (TPSA) is 47.7 Å². The van der Waals surface area contributed by atoms with Gasteiger partial charge in [-0.05, 0) is 37.2 Å². The first kappa shape index (κ1) is 17.8. The smallest absolute Gasteiger partial charge is 0.124 e. The Bertz CT molecular complexity index is 444. The molecule has 4 heteroatoms. The molecule has 2 N–H and O–H groups in total. The average molecular weight is 294 g/mol. The summed E-state index contributed by atoms with van der Waals surface area (Å²) in [4.78, 5) is 2.35. The van der Waals surface area contributed by atoms with Crippen molar-refractivity contribution in [2.75, 3.05) is 33.9 Å². The van der Waals surface area contributed by atoms with Crippen LogP contribution in [-0.4, -0.2) is 38.8 Å². The Labute approximate surface area is 129 Å². The van der Waals surface area contributed by atoms with Crippen molar-refractivity contribution in [3.05, 3.63) is 23.8 Å². The van der Waals surface area contributed by atoms with Crippen LogP contribution in [0.3, 0.4) is 0 Å². The number of nitrogens with two attached hydrogens (primary N) is 1. The first-order chi connectivity index (χ1) is 9.92. The molecule has 21 heavy (non-hydrogen) atoms. The fourth-order valence-corrected chi connectivity index (χ4v) is 2.57. The van der Waals surface area contributed by atoms with Gasteiger partial charge in [-0.2, -0.15) is 0 Å². The van der Waals surface area contributed by atoms with Crippen LogP contribution in [0.1, 0.15) is 33.3 Å². The third-order valence-electron chi connectivity index (χ3n) is 4.32. The maximum absolute atomic E-state index is 6.84. The molecule has 120 valence electrons. The van der Waals surface area contributed by atoms with Crippen molar-refractivity contribution in [3.8, 4) is 11.5 Å². The van der Waals surface area contributed by atoms with Crippen LogP contribution in [-0.2, 0) is 5.54 Å². The molecule has 0 spiro atoms. The highest BCUT2D eigenvalue weighted by Gasteiger charge is 2.35. The van der Waals surface area contributed by atoms with E-state index >= 15 is 0 Å². The third kappa shape index (κ3) is 3.89. The molecule has 1 aromatic carbocycles. The number of hydrogen-bond donors (Lipinski definition) is 1. The largest absolute Gasteiger partial charge is 0.497 e. The Morgan fingerprint density at radius 3 is 2.19 bits per heavy atom. The molecular weight excluding hydrogens is 264 g/mol. The van der Waals surface area contributed by atoms with Crippen molar-refractivity contribution in [1.82, 2.24) is 4.90 Å². The minimum atomic E-state index is -0.480. The normalized spacial score (nSPS) is 14.3. The van der Waals surface area contributed by atoms with Crippen molar-refractivity contribution >= 4 is 0 Å². The van der Waals surface area contributed by atoms with Gasteiger partial charge in [0.25, 0.3) is 0 Å². The number of benzene rings is 1. The van der Waals surface area contributed by atoms with E-state index in [1.54, 1.807) is 14.2 Å². The van der Waals surface area contributed by atoms with Gasteiger partial charge in [0.05, 0.1) is 19.8 Å². The fourth-order valence-electron chi connectivity index (χ4n) is 2.57. The van der Waals surface area contributed by atoms with Gasteiger partial charge in [-0.15, -0.1) is 0 Å². The molecule has 1 rings (SSSR count). The summed E-state index contributed by atoms with van der Waals surface area (Å²) in [6.07, 6.45) is 0. The summed E-state index contributed by atoms with van der Waals surface area (Å²) in [6.45, 7) is 11.4. The maximum atomic E-state index is 6.84. The Morgan fingerprint density at radius 1 is 1.14 bits per heavy atom. The molecule has 1 unspecified atom stereocenters. The van der Waals surface area contributed by atoms with E-state index in [1.165, 1.54) is 0 Å². The zero-order valence-corrected chi connectivity index (χ0v) is 14.3. The summed E-state index contributed by atoms with van der Waals surface area (Å²) in [6, 6.07) is 5.84. The minimum Gasteiger partial charge on any atom is -0.497 e. The molecule has 0 amide bonds. The van der Waals surface area contributed by atoms with Crippen LogP contribution in [0.5, 0.6) is 11.5 Å². The highest BCUT2D eigenvalue weighted by molar-refractivity contribution is 5.45. The average Bonchev–Trinajstić information content (AvgIpc) is 2.51. The van der Waals surface area contributed by atoms with E-state index in [-0.39, 0.29) is 5.92 Å². The maximum Gasteiger partial charge on any atom is 0.124 e. The molecular formula is C17H30N2O2. The summed E-state index contributed by atoms with van der Waals surface area (Å²) in [5.41, 5.74) is 7.36. The highest BCUT2D eigenvalue weighted by atomic mass is 16.5. The van der Waals surface area contributed by atoms with Crippen LogP contribution in [0.4, 0.5) is 0 Å². The lowest BCUT2D eigenvalue weighted by atomic mass is 9.79. The molecule has 0 aliphatic heterocycles. The van der Waals surface area contributed by atoms with Gasteiger partial charge in [-0.3, -0.25) is 0 Å². The van der Waals surface area contributed by atoms with Gasteiger partial charge in [0, 0.05) is 12.1 Å². The van der Waals surface area contributed by atoms with Crippen LogP contribution in [0.2, 0.25) is 0 Å². The van der Waals surface area contributed by atoms with Gasteiger partial charge in [0.15, 0.2) is 0 Å². The molecule has 4 nitrogen and oxygen atoms in total. The van der Waals surface area contributed by atoms with Gasteiger partial charge in [-0.25, -0.2) is 0 Å². The highest BCUT2D eigenvalue weighted by Crippen LogP contribution is 2.37. The van der Waals surface area contributed by atoms with Crippen molar-refractivity contribution in [3.63, 3.8) is 0 Å². The zero-order chi connectivity index (χ0) is 16.0. The Kier molecular flexibility index (Phi) is 6.49. The van der Waals surface area contributed by atoms with Gasteiger partial charge in [0.2, 0.25) is 0 Å². The Morgan fingerprint density at radius 2 is 1.76 bits per heavy atom. The van der Waals surface area contributed by atoms with Crippen molar-refractivity contribution in [2.24, 2.45) is 11.7 Å². The quantitative estimate of drug-likeness (QED) is 0.801. The number of ether oxygens (including phenoxy) is 2. The molecule has 0 fully saturated rings. The Hall–Kier alpha value is -1.26. The third-order valence-corrected chi connectivity index (χ3v) is 4.32. The standard InChI is InChI=1S/C17H30N2O2/c1-7-19(8-2)12-17(18,13(3)4)15-11-14(20-5)9-10-16(15)21-6/h9-11,13H,7-8,12,18H2,1-6H3. The molecule has 0 saturated carbocycles. The van der Waals surface area contributed by atoms with Crippen molar-refractivity contribution < 1.29 is 9.47 Å². The lowest BCUT2D eigenvalue weighted by Crippen LogP contribution is -2.51. The lowest BCUT2D eigenvalue weighted by Gasteiger charge is -2.39. The summed E-state index contributed by atoms with van der Waals surface area (Å²) >= 11 is 0. The molecule has 0 aliphatic carbocycles. The predicted molar refractivity (Wildman–Crippen MR) is 88.0 cm³/mol. The molecule has 0 radical (unpaired) electrons. The first-order valence-electron chi connectivity index (χ1n) is 7.66. The molecule has 0 saturated heterocycles. The second-order valence-corrected chi connectivity index (χ2v) is 5.72. The summed E-state index contributed by atoms with van der Waals surface area (Å²) in [5.74, 6) is 1.90. The number of rotatable bonds is 8. The Balaban J connectivity index is 3.32. The second-order valence-electron chi connectivity index (χ2n) is 5.72. The molecule has 0 bridgehead atoms. The van der Waals surface area contributed by atoms with E-state index in [2.05, 4.69) is 32.6 Å². The van der Waals surface area contributed by atoms with E-state index in [9.17, 15) is 0 Å². The van der Waals surface area contributed by atoms with E-state index < -0.39 is 5.54 Å². The second kappa shape index (κ2) is 7.66. The molecule has 0 aliphatic rings. The van der Waals surface area contributed by atoms with E-state index in [0.717, 1.165) is 36.7 Å². The predicted octanol–water partition coefficient (Wildman–Crippen LogP) is 2.86. The summed E-state index contributed by atoms with van der Waals surface area (Å²) in [5, 5.41) is 0. The summed E-state index contributed by atoms with van der Waals surface area (Å²) < 4.78 is 10.9. The number of nitrogens with zero attached hydrogens (tertiary/aromatic N) is 1. The first-order valence-corrected chi connectivity index (χ1v) is 7.66. The van der Waals surface area contributed by atoms with Gasteiger partial charge >= 0.3 is 0 Å². The van der Waals surface area contributed by atoms with Crippen molar-refractivity contribution in [1.29, 1.82) is 0 Å². The SMILES string of the molecule is CCN(CC)CC(N)(c1cc(OC)ccc1OC)C(C)C. The fraction of sp³-hybridized carbons (Fsp3) is 0.647. The van der Waals surface area contributed by atoms with Gasteiger partial charge < -0.3 is 20.1 Å². The number of methoxy groups -OCH3 is 2. The molecule has 0 heterocycles. The van der Waals surface area contributed by atoms with Crippen LogP contribution >= 0.6 is 0 Å². The van der Waals surface area contributed by atoms with Gasteiger partial charge in [-0.1, -0.05) is 27.7 Å². The van der Waals surface area contributed by atoms with Crippen LogP contribution in [0.25, 0.3) is 0 Å². The minimum absolute atomic E-state index is 0.277. The molecule has 1 aromatic rings. The molecule has 1 atom stereocenters. The number of likely N-dealkylation sites (N-methyl/N-ethyl adjacent to an activating group) is 1. The molecule has 0 aromatic heterocycles. The van der Waals surface area contributed by atoms with Crippen molar-refractivity contribution in [2.45, 2.75) is 33.2 Å².